The van der Waals surface area contributed by atoms with E-state index in [-0.39, 0.29) is 14.8 Å². The van der Waals surface area contributed by atoms with E-state index in [4.69, 9.17) is 0 Å². The lowest BCUT2D eigenvalue weighted by Gasteiger charge is -2.20. The fourth-order valence-electron chi connectivity index (χ4n) is 2.72. The second kappa shape index (κ2) is 9.18. The number of likely N-dealkylation sites (N-methyl/N-ethyl adjacent to an activating group) is 1. The molecule has 11 heteroatoms. The van der Waals surface area contributed by atoms with Gasteiger partial charge < -0.3 is 5.32 Å². The summed E-state index contributed by atoms with van der Waals surface area (Å²) in [6, 6.07) is 17.5. The average Bonchev–Trinajstić information content (AvgIpc) is 3.29. The lowest BCUT2D eigenvalue weighted by molar-refractivity contribution is -0.116. The van der Waals surface area contributed by atoms with Gasteiger partial charge >= 0.3 is 0 Å². The first-order valence-electron chi connectivity index (χ1n) is 9.06. The number of rotatable bonds is 8. The van der Waals surface area contributed by atoms with Gasteiger partial charge in [0.15, 0.2) is 0 Å². The maximum atomic E-state index is 12.9. The van der Waals surface area contributed by atoms with Gasteiger partial charge in [-0.05, 0) is 41.8 Å². The molecule has 1 amide bonds. The molecule has 1 heterocycles. The Balaban J connectivity index is 1.74. The van der Waals surface area contributed by atoms with Gasteiger partial charge in [0.2, 0.25) is 5.91 Å². The Kier molecular flexibility index (Phi) is 6.80. The highest BCUT2D eigenvalue weighted by atomic mass is 32.2. The SMILES string of the molecule is CN(CC(=O)Nc1cccc(S(=O)(=O)N(C)c2ccccc2)c1)S(=O)(=O)c1cccs1. The number of hydrogen-bond donors (Lipinski definition) is 1. The van der Waals surface area contributed by atoms with Gasteiger partial charge in [-0.15, -0.1) is 11.3 Å². The van der Waals surface area contributed by atoms with E-state index in [2.05, 4.69) is 5.32 Å². The molecule has 1 N–H and O–H groups in total. The van der Waals surface area contributed by atoms with Crippen LogP contribution in [0.5, 0.6) is 0 Å². The number of thiophene rings is 1. The number of hydrogen-bond acceptors (Lipinski definition) is 6. The van der Waals surface area contributed by atoms with Crippen molar-refractivity contribution in [2.45, 2.75) is 9.10 Å². The van der Waals surface area contributed by atoms with Gasteiger partial charge in [-0.25, -0.2) is 16.8 Å². The van der Waals surface area contributed by atoms with Crippen molar-refractivity contribution in [3.63, 3.8) is 0 Å². The van der Waals surface area contributed by atoms with E-state index in [0.717, 1.165) is 19.9 Å². The van der Waals surface area contributed by atoms with Gasteiger partial charge in [-0.1, -0.05) is 30.3 Å². The first-order chi connectivity index (χ1) is 14.6. The minimum Gasteiger partial charge on any atom is -0.325 e. The normalized spacial score (nSPS) is 12.0. The Bertz CT molecular complexity index is 1260. The van der Waals surface area contributed by atoms with Crippen molar-refractivity contribution >= 4 is 48.7 Å². The Morgan fingerprint density at radius 3 is 2.26 bits per heavy atom. The van der Waals surface area contributed by atoms with Crippen LogP contribution in [0.1, 0.15) is 0 Å². The Morgan fingerprint density at radius 1 is 0.903 bits per heavy atom. The molecule has 31 heavy (non-hydrogen) atoms. The van der Waals surface area contributed by atoms with Gasteiger partial charge in [0.1, 0.15) is 4.21 Å². The molecular weight excluding hydrogens is 458 g/mol. The molecule has 0 bridgehead atoms. The van der Waals surface area contributed by atoms with Crippen molar-refractivity contribution in [3.05, 3.63) is 72.1 Å². The summed E-state index contributed by atoms with van der Waals surface area (Å²) in [5.74, 6) is -0.589. The van der Waals surface area contributed by atoms with Crippen LogP contribution in [-0.2, 0) is 24.8 Å². The zero-order valence-electron chi connectivity index (χ0n) is 16.8. The number of sulfonamides is 2. The van der Waals surface area contributed by atoms with Crippen LogP contribution in [0.3, 0.4) is 0 Å². The van der Waals surface area contributed by atoms with Crippen LogP contribution in [0.15, 0.2) is 81.2 Å². The summed E-state index contributed by atoms with van der Waals surface area (Å²) in [5, 5.41) is 4.19. The summed E-state index contributed by atoms with van der Waals surface area (Å²) < 4.78 is 53.0. The molecule has 2 aromatic carbocycles. The van der Waals surface area contributed by atoms with Gasteiger partial charge in [0.25, 0.3) is 20.0 Å². The summed E-state index contributed by atoms with van der Waals surface area (Å²) in [6.45, 7) is -0.416. The first-order valence-corrected chi connectivity index (χ1v) is 12.8. The first kappa shape index (κ1) is 22.9. The average molecular weight is 480 g/mol. The molecule has 0 atom stereocenters. The molecule has 0 aliphatic heterocycles. The summed E-state index contributed by atoms with van der Waals surface area (Å²) in [5.41, 5.74) is 0.742. The standard InChI is InChI=1S/C20H21N3O5S3/c1-22(31(27,28)20-12-7-13-29-20)15-19(24)21-16-8-6-11-18(14-16)30(25,26)23(2)17-9-4-3-5-10-17/h3-14H,15H2,1-2H3,(H,21,24). The van der Waals surface area contributed by atoms with Crippen molar-refractivity contribution in [1.29, 1.82) is 0 Å². The van der Waals surface area contributed by atoms with Crippen LogP contribution in [0, 0.1) is 0 Å². The molecule has 8 nitrogen and oxygen atoms in total. The van der Waals surface area contributed by atoms with Gasteiger partial charge in [-0.3, -0.25) is 9.10 Å². The van der Waals surface area contributed by atoms with E-state index in [0.29, 0.717) is 5.69 Å². The number of anilines is 2. The van der Waals surface area contributed by atoms with Crippen molar-refractivity contribution in [1.82, 2.24) is 4.31 Å². The van der Waals surface area contributed by atoms with E-state index in [1.165, 1.54) is 44.4 Å². The van der Waals surface area contributed by atoms with Crippen LogP contribution in [0.4, 0.5) is 11.4 Å². The Hall–Kier alpha value is -2.73. The fourth-order valence-corrected chi connectivity index (χ4v) is 6.29. The zero-order chi connectivity index (χ0) is 22.6. The molecule has 0 radical (unpaired) electrons. The van der Waals surface area contributed by atoms with E-state index >= 15 is 0 Å². The minimum absolute atomic E-state index is 0.00350. The molecule has 164 valence electrons. The second-order valence-electron chi connectivity index (χ2n) is 6.58. The predicted molar refractivity (Wildman–Crippen MR) is 121 cm³/mol. The van der Waals surface area contributed by atoms with Crippen LogP contribution >= 0.6 is 11.3 Å². The van der Waals surface area contributed by atoms with Gasteiger partial charge in [0, 0.05) is 19.8 Å². The fraction of sp³-hybridized carbons (Fsp3) is 0.150. The smallest absolute Gasteiger partial charge is 0.264 e. The molecule has 0 fully saturated rings. The number of para-hydroxylation sites is 1. The molecule has 3 aromatic rings. The number of nitrogens with zero attached hydrogens (tertiary/aromatic N) is 2. The highest BCUT2D eigenvalue weighted by Gasteiger charge is 2.25. The third-order valence-corrected chi connectivity index (χ3v) is 9.38. The highest BCUT2D eigenvalue weighted by molar-refractivity contribution is 7.92. The van der Waals surface area contributed by atoms with E-state index in [1.807, 2.05) is 0 Å². The van der Waals surface area contributed by atoms with Crippen molar-refractivity contribution in [2.24, 2.45) is 0 Å². The largest absolute Gasteiger partial charge is 0.325 e. The number of amides is 1. The molecular formula is C20H21N3O5S3. The summed E-state index contributed by atoms with van der Waals surface area (Å²) in [6.07, 6.45) is 0. The minimum atomic E-state index is -3.85. The zero-order valence-corrected chi connectivity index (χ0v) is 19.2. The maximum Gasteiger partial charge on any atom is 0.264 e. The number of nitrogens with one attached hydrogen (secondary N) is 1. The van der Waals surface area contributed by atoms with Crippen LogP contribution in [0.25, 0.3) is 0 Å². The third kappa shape index (κ3) is 5.13. The Morgan fingerprint density at radius 2 is 1.61 bits per heavy atom. The van der Waals surface area contributed by atoms with Crippen molar-refractivity contribution in [2.75, 3.05) is 30.3 Å². The molecule has 0 unspecified atom stereocenters. The topological polar surface area (TPSA) is 104 Å². The lowest BCUT2D eigenvalue weighted by Crippen LogP contribution is -2.34. The molecule has 0 saturated heterocycles. The van der Waals surface area contributed by atoms with Crippen LogP contribution < -0.4 is 9.62 Å². The van der Waals surface area contributed by atoms with E-state index < -0.39 is 32.5 Å². The monoisotopic (exact) mass is 479 g/mol. The van der Waals surface area contributed by atoms with Crippen molar-refractivity contribution in [3.8, 4) is 0 Å². The number of carbonyl (C=O) groups excluding carboxylic acids is 1. The molecule has 0 aliphatic carbocycles. The van der Waals surface area contributed by atoms with Crippen LogP contribution in [0.2, 0.25) is 0 Å². The quantitative estimate of drug-likeness (QED) is 0.535. The summed E-state index contributed by atoms with van der Waals surface area (Å²) in [7, 11) is -4.86. The molecule has 0 saturated carbocycles. The highest BCUT2D eigenvalue weighted by Crippen LogP contribution is 2.24. The molecule has 0 spiro atoms. The van der Waals surface area contributed by atoms with Crippen molar-refractivity contribution < 1.29 is 21.6 Å². The van der Waals surface area contributed by atoms with E-state index in [9.17, 15) is 21.6 Å². The summed E-state index contributed by atoms with van der Waals surface area (Å²) in [4.78, 5) is 12.4. The Labute approximate surface area is 185 Å². The molecule has 0 aliphatic rings. The maximum absolute atomic E-state index is 12.9. The number of benzene rings is 2. The van der Waals surface area contributed by atoms with Gasteiger partial charge in [-0.2, -0.15) is 4.31 Å². The summed E-state index contributed by atoms with van der Waals surface area (Å²) >= 11 is 1.06. The van der Waals surface area contributed by atoms with E-state index in [1.54, 1.807) is 41.8 Å². The molecule has 3 rings (SSSR count). The molecule has 1 aromatic heterocycles. The predicted octanol–water partition coefficient (Wildman–Crippen LogP) is 2.83. The van der Waals surface area contributed by atoms with Crippen LogP contribution in [-0.4, -0.2) is 47.7 Å². The second-order valence-corrected chi connectivity index (χ2v) is 11.8. The lowest BCUT2D eigenvalue weighted by atomic mass is 10.3. The third-order valence-electron chi connectivity index (χ3n) is 4.42. The van der Waals surface area contributed by atoms with Gasteiger partial charge in [0.05, 0.1) is 17.1 Å². The number of carbonyl (C=O) groups is 1.